The Bertz CT molecular complexity index is 278. The zero-order valence-corrected chi connectivity index (χ0v) is 6.82. The smallest absolute Gasteiger partial charge is 0.243 e. The number of nitrogens with one attached hydrogen (secondary N) is 1. The molecule has 1 aromatic heterocycles. The van der Waals surface area contributed by atoms with Crippen LogP contribution in [0, 0.1) is 5.92 Å². The van der Waals surface area contributed by atoms with Crippen LogP contribution < -0.4 is 5.32 Å². The van der Waals surface area contributed by atoms with Gasteiger partial charge in [-0.15, -0.1) is 0 Å². The highest BCUT2D eigenvalue weighted by Gasteiger charge is 2.44. The molecule has 1 fully saturated rings. The molecule has 1 heterocycles. The molecule has 0 saturated heterocycles. The lowest BCUT2D eigenvalue weighted by atomic mass is 10.4. The summed E-state index contributed by atoms with van der Waals surface area (Å²) in [5.74, 6) is 0.0534. The van der Waals surface area contributed by atoms with Gasteiger partial charge in [-0.1, -0.05) is 0 Å². The van der Waals surface area contributed by atoms with Gasteiger partial charge in [0.1, 0.15) is 5.82 Å². The first-order chi connectivity index (χ1) is 6.27. The molecular weight excluding hydrogens is 176 g/mol. The molecule has 3 nitrogen and oxygen atoms in total. The summed E-state index contributed by atoms with van der Waals surface area (Å²) in [6.45, 7) is 0. The highest BCUT2D eigenvalue weighted by Crippen LogP contribution is 2.37. The van der Waals surface area contributed by atoms with Crippen LogP contribution in [0.15, 0.2) is 18.6 Å². The summed E-state index contributed by atoms with van der Waals surface area (Å²) in [5, 5.41) is 2.89. The molecule has 1 saturated carbocycles. The van der Waals surface area contributed by atoms with E-state index in [0.717, 1.165) is 0 Å². The van der Waals surface area contributed by atoms with Gasteiger partial charge >= 0.3 is 0 Å². The molecule has 0 amide bonds. The predicted molar refractivity (Wildman–Crippen MR) is 43.6 cm³/mol. The maximum atomic E-state index is 12.1. The van der Waals surface area contributed by atoms with E-state index in [4.69, 9.17) is 0 Å². The van der Waals surface area contributed by atoms with Crippen LogP contribution in [-0.4, -0.2) is 22.4 Å². The van der Waals surface area contributed by atoms with Crippen molar-refractivity contribution in [1.29, 1.82) is 0 Å². The van der Waals surface area contributed by atoms with Crippen molar-refractivity contribution in [2.45, 2.75) is 18.9 Å². The highest BCUT2D eigenvalue weighted by atomic mass is 19.3. The Hall–Kier alpha value is -1.26. The number of halogens is 2. The third kappa shape index (κ3) is 1.91. The van der Waals surface area contributed by atoms with Crippen LogP contribution in [0.5, 0.6) is 0 Å². The van der Waals surface area contributed by atoms with Crippen LogP contribution in [-0.2, 0) is 0 Å². The molecule has 5 heteroatoms. The first kappa shape index (κ1) is 8.34. The molecule has 1 aromatic rings. The van der Waals surface area contributed by atoms with Crippen molar-refractivity contribution in [2.75, 3.05) is 5.32 Å². The van der Waals surface area contributed by atoms with Crippen molar-refractivity contribution >= 4 is 5.82 Å². The van der Waals surface area contributed by atoms with E-state index in [2.05, 4.69) is 15.3 Å². The second kappa shape index (κ2) is 3.24. The molecule has 0 radical (unpaired) electrons. The van der Waals surface area contributed by atoms with Gasteiger partial charge in [0.2, 0.25) is 6.43 Å². The molecule has 1 aliphatic carbocycles. The van der Waals surface area contributed by atoms with Gasteiger partial charge in [0.15, 0.2) is 0 Å². The fourth-order valence-corrected chi connectivity index (χ4v) is 1.22. The Morgan fingerprint density at radius 2 is 2.31 bits per heavy atom. The number of nitrogens with zero attached hydrogens (tertiary/aromatic N) is 2. The van der Waals surface area contributed by atoms with E-state index >= 15 is 0 Å². The molecule has 2 atom stereocenters. The van der Waals surface area contributed by atoms with E-state index < -0.39 is 12.3 Å². The van der Waals surface area contributed by atoms with E-state index in [1.54, 1.807) is 6.20 Å². The van der Waals surface area contributed by atoms with E-state index in [1.165, 1.54) is 12.4 Å². The van der Waals surface area contributed by atoms with Gasteiger partial charge in [0.25, 0.3) is 0 Å². The van der Waals surface area contributed by atoms with Crippen LogP contribution in [0.4, 0.5) is 14.6 Å². The molecule has 1 aliphatic rings. The topological polar surface area (TPSA) is 37.8 Å². The number of rotatable bonds is 3. The van der Waals surface area contributed by atoms with E-state index in [-0.39, 0.29) is 6.04 Å². The van der Waals surface area contributed by atoms with E-state index in [1.807, 2.05) is 0 Å². The van der Waals surface area contributed by atoms with Crippen molar-refractivity contribution in [3.8, 4) is 0 Å². The highest BCUT2D eigenvalue weighted by molar-refractivity contribution is 5.34. The van der Waals surface area contributed by atoms with Gasteiger partial charge in [-0.3, -0.25) is 4.98 Å². The van der Waals surface area contributed by atoms with Gasteiger partial charge in [0.05, 0.1) is 6.20 Å². The van der Waals surface area contributed by atoms with Crippen LogP contribution >= 0.6 is 0 Å². The Balaban J connectivity index is 1.88. The predicted octanol–water partition coefficient (Wildman–Crippen LogP) is 1.54. The summed E-state index contributed by atoms with van der Waals surface area (Å²) in [4.78, 5) is 7.76. The Kier molecular flexibility index (Phi) is 2.08. The molecular formula is C8H9F2N3. The lowest BCUT2D eigenvalue weighted by Crippen LogP contribution is -2.09. The molecule has 1 N–H and O–H groups in total. The van der Waals surface area contributed by atoms with E-state index in [9.17, 15) is 8.78 Å². The SMILES string of the molecule is FC(F)[C@H]1C[C@@H]1Nc1cnccn1. The van der Waals surface area contributed by atoms with Crippen molar-refractivity contribution in [3.05, 3.63) is 18.6 Å². The minimum absolute atomic E-state index is 0.128. The molecule has 0 spiro atoms. The fraction of sp³-hybridized carbons (Fsp3) is 0.500. The lowest BCUT2D eigenvalue weighted by molar-refractivity contribution is 0.121. The molecule has 70 valence electrons. The van der Waals surface area contributed by atoms with Crippen molar-refractivity contribution in [1.82, 2.24) is 9.97 Å². The van der Waals surface area contributed by atoms with Crippen LogP contribution in [0.3, 0.4) is 0 Å². The standard InChI is InChI=1S/C8H9F2N3/c9-8(10)5-3-6(5)13-7-4-11-1-2-12-7/h1-2,4-6,8H,3H2,(H,12,13)/t5-,6-/m0/s1. The van der Waals surface area contributed by atoms with Crippen LogP contribution in [0.25, 0.3) is 0 Å². The first-order valence-electron chi connectivity index (χ1n) is 4.08. The maximum absolute atomic E-state index is 12.1. The normalized spacial score (nSPS) is 26.1. The first-order valence-corrected chi connectivity index (χ1v) is 4.08. The molecule has 0 bridgehead atoms. The lowest BCUT2D eigenvalue weighted by Gasteiger charge is -2.02. The summed E-state index contributed by atoms with van der Waals surface area (Å²) in [6, 6.07) is -0.128. The minimum Gasteiger partial charge on any atom is -0.366 e. The Morgan fingerprint density at radius 1 is 1.46 bits per heavy atom. The average Bonchev–Trinajstić information content (AvgIpc) is 2.86. The second-order valence-corrected chi connectivity index (χ2v) is 3.08. The molecule has 0 aliphatic heterocycles. The summed E-state index contributed by atoms with van der Waals surface area (Å²) in [6.07, 6.45) is 2.90. The minimum atomic E-state index is -2.23. The summed E-state index contributed by atoms with van der Waals surface area (Å²) in [7, 11) is 0. The van der Waals surface area contributed by atoms with Gasteiger partial charge < -0.3 is 5.32 Å². The van der Waals surface area contributed by atoms with Gasteiger partial charge in [-0.05, 0) is 6.42 Å². The zero-order valence-electron chi connectivity index (χ0n) is 6.82. The molecule has 13 heavy (non-hydrogen) atoms. The monoisotopic (exact) mass is 185 g/mol. The third-order valence-corrected chi connectivity index (χ3v) is 2.06. The third-order valence-electron chi connectivity index (χ3n) is 2.06. The second-order valence-electron chi connectivity index (χ2n) is 3.08. The van der Waals surface area contributed by atoms with Gasteiger partial charge in [0, 0.05) is 24.4 Å². The number of aromatic nitrogens is 2. The van der Waals surface area contributed by atoms with Crippen molar-refractivity contribution in [3.63, 3.8) is 0 Å². The summed E-state index contributed by atoms with van der Waals surface area (Å²) in [5.41, 5.74) is 0. The van der Waals surface area contributed by atoms with Crippen LogP contribution in [0.1, 0.15) is 6.42 Å². The molecule has 2 rings (SSSR count). The number of hydrogen-bond donors (Lipinski definition) is 1. The van der Waals surface area contributed by atoms with Crippen molar-refractivity contribution in [2.24, 2.45) is 5.92 Å². The zero-order chi connectivity index (χ0) is 9.26. The molecule has 0 unspecified atom stereocenters. The molecule has 0 aromatic carbocycles. The number of hydrogen-bond acceptors (Lipinski definition) is 3. The van der Waals surface area contributed by atoms with E-state index in [0.29, 0.717) is 12.2 Å². The Labute approximate surface area is 74.2 Å². The Morgan fingerprint density at radius 3 is 2.85 bits per heavy atom. The summed E-state index contributed by atoms with van der Waals surface area (Å²) >= 11 is 0. The van der Waals surface area contributed by atoms with Crippen molar-refractivity contribution < 1.29 is 8.78 Å². The number of alkyl halides is 2. The number of anilines is 1. The maximum Gasteiger partial charge on any atom is 0.243 e. The quantitative estimate of drug-likeness (QED) is 0.776. The van der Waals surface area contributed by atoms with Gasteiger partial charge in [-0.2, -0.15) is 0 Å². The summed E-state index contributed by atoms with van der Waals surface area (Å²) < 4.78 is 24.2. The fourth-order valence-electron chi connectivity index (χ4n) is 1.22. The van der Waals surface area contributed by atoms with Gasteiger partial charge in [-0.25, -0.2) is 13.8 Å². The largest absolute Gasteiger partial charge is 0.366 e. The van der Waals surface area contributed by atoms with Crippen LogP contribution in [0.2, 0.25) is 0 Å². The average molecular weight is 185 g/mol.